The summed E-state index contributed by atoms with van der Waals surface area (Å²) in [5, 5.41) is 11.1. The van der Waals surface area contributed by atoms with Gasteiger partial charge in [-0.3, -0.25) is 9.59 Å². The van der Waals surface area contributed by atoms with E-state index in [4.69, 9.17) is 9.47 Å². The molecule has 7 nitrogen and oxygen atoms in total. The molecular formula is C25H28FN2O5+. The third-order valence-corrected chi connectivity index (χ3v) is 6.22. The van der Waals surface area contributed by atoms with Gasteiger partial charge in [-0.05, 0) is 42.0 Å². The van der Waals surface area contributed by atoms with Crippen molar-refractivity contribution in [3.63, 3.8) is 0 Å². The van der Waals surface area contributed by atoms with E-state index >= 15 is 0 Å². The number of amides is 1. The monoisotopic (exact) mass is 455 g/mol. The van der Waals surface area contributed by atoms with Crippen LogP contribution in [0.1, 0.15) is 23.6 Å². The molecule has 1 amide bonds. The molecule has 0 aromatic heterocycles. The molecule has 1 unspecified atom stereocenters. The highest BCUT2D eigenvalue weighted by Gasteiger charge is 2.45. The van der Waals surface area contributed by atoms with Crippen molar-refractivity contribution in [2.45, 2.75) is 12.5 Å². The summed E-state index contributed by atoms with van der Waals surface area (Å²) in [5.74, 6) is -1.46. The van der Waals surface area contributed by atoms with Crippen LogP contribution in [0.15, 0.2) is 54.1 Å². The van der Waals surface area contributed by atoms with Crippen LogP contribution in [-0.4, -0.2) is 68.2 Å². The Labute approximate surface area is 192 Å². The molecule has 0 saturated carbocycles. The van der Waals surface area contributed by atoms with Crippen LogP contribution >= 0.6 is 0 Å². The lowest BCUT2D eigenvalue weighted by Crippen LogP contribution is -3.14. The molecule has 0 radical (unpaired) electrons. The van der Waals surface area contributed by atoms with Crippen LogP contribution in [0.5, 0.6) is 5.75 Å². The summed E-state index contributed by atoms with van der Waals surface area (Å²) >= 11 is 0. The minimum Gasteiger partial charge on any atom is -0.507 e. The van der Waals surface area contributed by atoms with Gasteiger partial charge in [0.25, 0.3) is 11.7 Å². The fourth-order valence-electron chi connectivity index (χ4n) is 4.42. The SMILES string of the molecule is COc1ccc(C(O)=C2C(=O)C(=O)N(CCC[NH+]3CCOCC3)C2c2ccc(F)cc2)cc1. The molecule has 1 atom stereocenters. The number of carbonyl (C=O) groups excluding carboxylic acids is 2. The number of hydrogen-bond acceptors (Lipinski definition) is 5. The number of hydrogen-bond donors (Lipinski definition) is 2. The molecule has 0 aliphatic carbocycles. The largest absolute Gasteiger partial charge is 0.507 e. The quantitative estimate of drug-likeness (QED) is 0.376. The van der Waals surface area contributed by atoms with Crippen molar-refractivity contribution in [1.29, 1.82) is 0 Å². The molecule has 2 fully saturated rings. The van der Waals surface area contributed by atoms with Gasteiger partial charge in [0, 0.05) is 18.5 Å². The maximum absolute atomic E-state index is 13.6. The fraction of sp³-hybridized carbons (Fsp3) is 0.360. The number of aliphatic hydroxyl groups is 1. The van der Waals surface area contributed by atoms with Gasteiger partial charge in [-0.2, -0.15) is 0 Å². The predicted molar refractivity (Wildman–Crippen MR) is 119 cm³/mol. The van der Waals surface area contributed by atoms with Gasteiger partial charge in [0.2, 0.25) is 0 Å². The van der Waals surface area contributed by atoms with Gasteiger partial charge >= 0.3 is 0 Å². The highest BCUT2D eigenvalue weighted by atomic mass is 19.1. The second kappa shape index (κ2) is 10.1. The molecule has 0 spiro atoms. The Balaban J connectivity index is 1.65. The lowest BCUT2D eigenvalue weighted by molar-refractivity contribution is -0.908. The number of morpholine rings is 1. The number of quaternary nitrogens is 1. The highest BCUT2D eigenvalue weighted by molar-refractivity contribution is 6.46. The zero-order valence-corrected chi connectivity index (χ0v) is 18.6. The molecule has 4 rings (SSSR count). The Bertz CT molecular complexity index is 1030. The number of rotatable bonds is 7. The van der Waals surface area contributed by atoms with Crippen molar-refractivity contribution in [2.75, 3.05) is 46.5 Å². The number of ketones is 1. The molecule has 2 heterocycles. The topological polar surface area (TPSA) is 80.5 Å². The molecule has 2 aromatic rings. The minimum atomic E-state index is -0.785. The Morgan fingerprint density at radius 1 is 1.12 bits per heavy atom. The number of ether oxygens (including phenoxy) is 2. The molecule has 0 bridgehead atoms. The maximum Gasteiger partial charge on any atom is 0.295 e. The fourth-order valence-corrected chi connectivity index (χ4v) is 4.42. The van der Waals surface area contributed by atoms with Crippen molar-refractivity contribution in [3.05, 3.63) is 71.0 Å². The van der Waals surface area contributed by atoms with Crippen LogP contribution in [-0.2, 0) is 14.3 Å². The van der Waals surface area contributed by atoms with Crippen molar-refractivity contribution >= 4 is 17.4 Å². The molecule has 2 N–H and O–H groups in total. The molecule has 174 valence electrons. The van der Waals surface area contributed by atoms with E-state index in [1.54, 1.807) is 36.4 Å². The van der Waals surface area contributed by atoms with Crippen LogP contribution in [0.25, 0.3) is 5.76 Å². The van der Waals surface area contributed by atoms with Gasteiger partial charge in [0.1, 0.15) is 30.4 Å². The van der Waals surface area contributed by atoms with E-state index in [9.17, 15) is 19.1 Å². The summed E-state index contributed by atoms with van der Waals surface area (Å²) in [6.45, 7) is 4.47. The summed E-state index contributed by atoms with van der Waals surface area (Å²) in [6.07, 6.45) is 0.697. The predicted octanol–water partition coefficient (Wildman–Crippen LogP) is 1.56. The van der Waals surface area contributed by atoms with E-state index in [0.29, 0.717) is 29.8 Å². The summed E-state index contributed by atoms with van der Waals surface area (Å²) in [5.41, 5.74) is 0.985. The third kappa shape index (κ3) is 4.91. The standard InChI is InChI=1S/C25H27FN2O5/c1-32-20-9-5-18(6-10-20)23(29)21-22(17-3-7-19(26)8-4-17)28(25(31)24(21)30)12-2-11-27-13-15-33-16-14-27/h3-10,22,29H,2,11-16H2,1H3/p+1. The first-order valence-corrected chi connectivity index (χ1v) is 11.1. The number of halogens is 1. The minimum absolute atomic E-state index is 0.00972. The molecule has 2 aliphatic heterocycles. The Kier molecular flexibility index (Phi) is 7.05. The van der Waals surface area contributed by atoms with Gasteiger partial charge in [-0.1, -0.05) is 12.1 Å². The van der Waals surface area contributed by atoms with Gasteiger partial charge in [0.15, 0.2) is 0 Å². The first-order valence-electron chi connectivity index (χ1n) is 11.1. The van der Waals surface area contributed by atoms with Gasteiger partial charge in [-0.15, -0.1) is 0 Å². The van der Waals surface area contributed by atoms with E-state index < -0.39 is 23.5 Å². The number of aliphatic hydroxyl groups excluding tert-OH is 1. The van der Waals surface area contributed by atoms with Gasteiger partial charge in [0.05, 0.1) is 38.5 Å². The van der Waals surface area contributed by atoms with Gasteiger partial charge in [-0.25, -0.2) is 4.39 Å². The lowest BCUT2D eigenvalue weighted by atomic mass is 9.95. The third-order valence-electron chi connectivity index (χ3n) is 6.22. The van der Waals surface area contributed by atoms with Crippen molar-refractivity contribution < 1.29 is 33.5 Å². The number of Topliss-reactive ketones (excluding diaryl/α,β-unsaturated/α-hetero) is 1. The highest BCUT2D eigenvalue weighted by Crippen LogP contribution is 2.39. The number of carbonyl (C=O) groups is 2. The molecule has 2 aliphatic rings. The summed E-state index contributed by atoms with van der Waals surface area (Å²) < 4.78 is 24.1. The maximum atomic E-state index is 13.6. The number of methoxy groups -OCH3 is 1. The lowest BCUT2D eigenvalue weighted by Gasteiger charge is -2.27. The van der Waals surface area contributed by atoms with Crippen molar-refractivity contribution in [3.8, 4) is 5.75 Å². The second-order valence-electron chi connectivity index (χ2n) is 8.24. The van der Waals surface area contributed by atoms with E-state index in [2.05, 4.69) is 0 Å². The van der Waals surface area contributed by atoms with Crippen LogP contribution in [0.3, 0.4) is 0 Å². The van der Waals surface area contributed by atoms with Crippen LogP contribution < -0.4 is 9.64 Å². The first-order chi connectivity index (χ1) is 16.0. The summed E-state index contributed by atoms with van der Waals surface area (Å²) in [4.78, 5) is 28.9. The first kappa shape index (κ1) is 22.9. The molecule has 8 heteroatoms. The Morgan fingerprint density at radius 2 is 1.79 bits per heavy atom. The van der Waals surface area contributed by atoms with E-state index in [1.165, 1.54) is 29.0 Å². The Hall–Kier alpha value is -3.23. The van der Waals surface area contributed by atoms with Crippen LogP contribution in [0, 0.1) is 5.82 Å². The summed E-state index contributed by atoms with van der Waals surface area (Å²) in [6, 6.07) is 11.5. The van der Waals surface area contributed by atoms with Crippen LogP contribution in [0.2, 0.25) is 0 Å². The van der Waals surface area contributed by atoms with Crippen molar-refractivity contribution in [1.82, 2.24) is 4.90 Å². The average molecular weight is 456 g/mol. The zero-order valence-electron chi connectivity index (χ0n) is 18.6. The van der Waals surface area contributed by atoms with E-state index in [-0.39, 0.29) is 11.3 Å². The zero-order chi connectivity index (χ0) is 23.4. The van der Waals surface area contributed by atoms with E-state index in [0.717, 1.165) is 32.8 Å². The number of benzene rings is 2. The number of nitrogens with zero attached hydrogens (tertiary/aromatic N) is 1. The van der Waals surface area contributed by atoms with E-state index in [1.807, 2.05) is 0 Å². The second-order valence-corrected chi connectivity index (χ2v) is 8.24. The smallest absolute Gasteiger partial charge is 0.295 e. The number of nitrogens with one attached hydrogen (secondary N) is 1. The average Bonchev–Trinajstić information content (AvgIpc) is 3.10. The molecule has 2 saturated heterocycles. The Morgan fingerprint density at radius 3 is 2.42 bits per heavy atom. The normalized spacial score (nSPS) is 20.9. The molecule has 2 aromatic carbocycles. The van der Waals surface area contributed by atoms with Crippen LogP contribution in [0.4, 0.5) is 4.39 Å². The van der Waals surface area contributed by atoms with Crippen molar-refractivity contribution in [2.24, 2.45) is 0 Å². The summed E-state index contributed by atoms with van der Waals surface area (Å²) in [7, 11) is 1.54. The van der Waals surface area contributed by atoms with Gasteiger partial charge < -0.3 is 24.4 Å². The molecular weight excluding hydrogens is 427 g/mol. The number of likely N-dealkylation sites (tertiary alicyclic amines) is 1. The molecule has 33 heavy (non-hydrogen) atoms.